The number of halogens is 1. The maximum atomic E-state index is 9.64. The third-order valence-corrected chi connectivity index (χ3v) is 5.91. The number of carbonyl (C=O) groups is 2. The van der Waals surface area contributed by atoms with Gasteiger partial charge in [-0.25, -0.2) is 0 Å². The molecule has 2 aromatic carbocycles. The van der Waals surface area contributed by atoms with Crippen molar-refractivity contribution in [2.24, 2.45) is 11.1 Å². The summed E-state index contributed by atoms with van der Waals surface area (Å²) in [5.74, 6) is -1.62. The van der Waals surface area contributed by atoms with Gasteiger partial charge in [0.2, 0.25) is 0 Å². The van der Waals surface area contributed by atoms with Crippen LogP contribution in [0.5, 0.6) is 0 Å². The van der Waals surface area contributed by atoms with Crippen molar-refractivity contribution in [2.75, 3.05) is 25.5 Å². The number of rotatable bonds is 10. The Bertz CT molecular complexity index is 1020. The van der Waals surface area contributed by atoms with Gasteiger partial charge in [0, 0.05) is 6.54 Å². The fraction of sp³-hybridized carbons (Fsp3) is 0.444. The third kappa shape index (κ3) is 9.87. The van der Waals surface area contributed by atoms with E-state index < -0.39 is 11.9 Å². The van der Waals surface area contributed by atoms with Crippen LogP contribution in [0.1, 0.15) is 55.4 Å². The molecular formula is C27H36ClN3O5. The van der Waals surface area contributed by atoms with E-state index in [0.717, 1.165) is 60.9 Å². The van der Waals surface area contributed by atoms with Crippen molar-refractivity contribution >= 4 is 34.9 Å². The zero-order valence-electron chi connectivity index (χ0n) is 21.1. The molecule has 1 aliphatic rings. The molecule has 1 heterocycles. The molecule has 9 heteroatoms. The molecule has 0 saturated carbocycles. The maximum absolute atomic E-state index is 9.64. The molecule has 0 radical (unpaired) electrons. The van der Waals surface area contributed by atoms with E-state index in [1.165, 1.54) is 16.7 Å². The van der Waals surface area contributed by atoms with Gasteiger partial charge in [-0.3, -0.25) is 9.59 Å². The molecule has 36 heavy (non-hydrogen) atoms. The normalized spacial score (nSPS) is 13.2. The zero-order chi connectivity index (χ0) is 26.5. The number of carboxylic acids is 2. The number of fused-ring (bicyclic) bond motifs is 1. The summed E-state index contributed by atoms with van der Waals surface area (Å²) in [5, 5.41) is 27.8. The molecule has 3 rings (SSSR count). The number of benzene rings is 2. The predicted octanol–water partition coefficient (Wildman–Crippen LogP) is 4.97. The Balaban J connectivity index is 0.000000493. The molecule has 0 bridgehead atoms. The average Bonchev–Trinajstić information content (AvgIpc) is 3.08. The number of aliphatic carboxylic acids is 2. The van der Waals surface area contributed by atoms with Gasteiger partial charge in [-0.05, 0) is 66.6 Å². The van der Waals surface area contributed by atoms with Crippen LogP contribution in [0.4, 0.5) is 5.69 Å². The van der Waals surface area contributed by atoms with Crippen LogP contribution in [-0.4, -0.2) is 48.1 Å². The minimum absolute atomic E-state index is 0.296. The summed E-state index contributed by atoms with van der Waals surface area (Å²) in [6, 6.07) is 12.7. The van der Waals surface area contributed by atoms with Crippen molar-refractivity contribution < 1.29 is 24.6 Å². The Labute approximate surface area is 217 Å². The molecule has 2 aromatic rings. The monoisotopic (exact) mass is 517 g/mol. The first kappa shape index (κ1) is 29.1. The smallest absolute Gasteiger partial charge is 0.303 e. The third-order valence-electron chi connectivity index (χ3n) is 5.59. The molecule has 4 N–H and O–H groups in total. The second-order valence-corrected chi connectivity index (χ2v) is 9.37. The Morgan fingerprint density at radius 2 is 1.69 bits per heavy atom. The summed E-state index contributed by atoms with van der Waals surface area (Å²) in [5.41, 5.74) is 7.12. The van der Waals surface area contributed by atoms with Crippen LogP contribution in [0.2, 0.25) is 5.02 Å². The Hall–Kier alpha value is -3.10. The first-order chi connectivity index (χ1) is 17.2. The molecule has 0 fully saturated rings. The highest BCUT2D eigenvalue weighted by Gasteiger charge is 2.15. The second-order valence-electron chi connectivity index (χ2n) is 8.97. The SMILES string of the molecule is CO/N=C(/CC(C)C)c1ccc(CNc2c(Cl)ccc3c2CCNCC3)cc1.O=C(O)CCC(=O)O. The molecule has 0 aliphatic carbocycles. The van der Waals surface area contributed by atoms with E-state index in [4.69, 9.17) is 26.7 Å². The summed E-state index contributed by atoms with van der Waals surface area (Å²) >= 11 is 6.52. The van der Waals surface area contributed by atoms with Crippen molar-refractivity contribution in [1.29, 1.82) is 0 Å². The fourth-order valence-corrected chi connectivity index (χ4v) is 4.10. The van der Waals surface area contributed by atoms with Crippen LogP contribution in [-0.2, 0) is 33.8 Å². The van der Waals surface area contributed by atoms with Gasteiger partial charge in [0.05, 0.1) is 29.3 Å². The number of carboxylic acid groups (broad SMARTS) is 2. The number of nitrogens with one attached hydrogen (secondary N) is 2. The first-order valence-corrected chi connectivity index (χ1v) is 12.5. The van der Waals surface area contributed by atoms with Crippen molar-refractivity contribution in [3.05, 3.63) is 63.7 Å². The van der Waals surface area contributed by atoms with E-state index in [9.17, 15) is 9.59 Å². The first-order valence-electron chi connectivity index (χ1n) is 12.1. The highest BCUT2D eigenvalue weighted by molar-refractivity contribution is 6.33. The van der Waals surface area contributed by atoms with Gasteiger partial charge in [0.1, 0.15) is 7.11 Å². The summed E-state index contributed by atoms with van der Waals surface area (Å²) < 4.78 is 0. The fourth-order valence-electron chi connectivity index (χ4n) is 3.86. The van der Waals surface area contributed by atoms with E-state index >= 15 is 0 Å². The Kier molecular flexibility index (Phi) is 12.2. The molecule has 1 aliphatic heterocycles. The predicted molar refractivity (Wildman–Crippen MR) is 143 cm³/mol. The van der Waals surface area contributed by atoms with Gasteiger partial charge >= 0.3 is 11.9 Å². The van der Waals surface area contributed by atoms with Gasteiger partial charge in [0.25, 0.3) is 0 Å². The van der Waals surface area contributed by atoms with Gasteiger partial charge in [-0.15, -0.1) is 0 Å². The minimum atomic E-state index is -1.08. The number of anilines is 1. The van der Waals surface area contributed by atoms with E-state index in [-0.39, 0.29) is 12.8 Å². The van der Waals surface area contributed by atoms with E-state index in [1.54, 1.807) is 7.11 Å². The molecule has 0 aromatic heterocycles. The number of hydrogen-bond acceptors (Lipinski definition) is 6. The zero-order valence-corrected chi connectivity index (χ0v) is 21.9. The molecule has 8 nitrogen and oxygen atoms in total. The largest absolute Gasteiger partial charge is 0.481 e. The lowest BCUT2D eigenvalue weighted by molar-refractivity contribution is -0.143. The van der Waals surface area contributed by atoms with Crippen molar-refractivity contribution in [2.45, 2.75) is 52.5 Å². The second kappa shape index (κ2) is 15.1. The summed E-state index contributed by atoms with van der Waals surface area (Å²) in [4.78, 5) is 24.3. The molecule has 0 atom stereocenters. The van der Waals surface area contributed by atoms with E-state index in [1.807, 2.05) is 6.07 Å². The van der Waals surface area contributed by atoms with Crippen molar-refractivity contribution in [3.63, 3.8) is 0 Å². The maximum Gasteiger partial charge on any atom is 0.303 e. The Morgan fingerprint density at radius 1 is 1.06 bits per heavy atom. The summed E-state index contributed by atoms with van der Waals surface area (Å²) in [7, 11) is 1.60. The van der Waals surface area contributed by atoms with Crippen molar-refractivity contribution in [3.8, 4) is 0 Å². The van der Waals surface area contributed by atoms with E-state index in [2.05, 4.69) is 60.0 Å². The van der Waals surface area contributed by atoms with Gasteiger partial charge in [-0.1, -0.05) is 60.9 Å². The number of nitrogens with zero attached hydrogens (tertiary/aromatic N) is 1. The molecular weight excluding hydrogens is 482 g/mol. The summed E-state index contributed by atoms with van der Waals surface area (Å²) in [6.45, 7) is 7.13. The van der Waals surface area contributed by atoms with Gasteiger partial charge in [0.15, 0.2) is 0 Å². The minimum Gasteiger partial charge on any atom is -0.481 e. The number of oxime groups is 1. The molecule has 0 spiro atoms. The highest BCUT2D eigenvalue weighted by atomic mass is 35.5. The topological polar surface area (TPSA) is 120 Å². The van der Waals surface area contributed by atoms with E-state index in [0.29, 0.717) is 5.92 Å². The number of hydrogen-bond donors (Lipinski definition) is 4. The lowest BCUT2D eigenvalue weighted by Gasteiger charge is -2.16. The molecule has 0 amide bonds. The molecule has 196 valence electrons. The quantitative estimate of drug-likeness (QED) is 0.259. The van der Waals surface area contributed by atoms with Gasteiger partial charge in [-0.2, -0.15) is 0 Å². The van der Waals surface area contributed by atoms with Crippen LogP contribution >= 0.6 is 11.6 Å². The van der Waals surface area contributed by atoms with Crippen LogP contribution in [0.3, 0.4) is 0 Å². The van der Waals surface area contributed by atoms with Gasteiger partial charge < -0.3 is 25.7 Å². The van der Waals surface area contributed by atoms with Crippen LogP contribution < -0.4 is 10.6 Å². The van der Waals surface area contributed by atoms with Crippen LogP contribution in [0.15, 0.2) is 41.6 Å². The van der Waals surface area contributed by atoms with Crippen LogP contribution in [0, 0.1) is 5.92 Å². The lowest BCUT2D eigenvalue weighted by Crippen LogP contribution is -2.16. The standard InChI is InChI=1S/C23H30ClN3O.C4H6O4/c1-16(2)14-22(27-28-3)19-6-4-17(5-7-19)15-26-23-20-11-13-25-12-10-18(20)8-9-21(23)24;5-3(6)1-2-4(7)8/h4-9,16,25-26H,10-15H2,1-3H3;1-2H2,(H,5,6)(H,7,8)/b27-22-;. The average molecular weight is 518 g/mol. The van der Waals surface area contributed by atoms with Crippen LogP contribution in [0.25, 0.3) is 0 Å². The molecule has 0 saturated heterocycles. The lowest BCUT2D eigenvalue weighted by atomic mass is 9.99. The van der Waals surface area contributed by atoms with Crippen molar-refractivity contribution in [1.82, 2.24) is 5.32 Å². The highest BCUT2D eigenvalue weighted by Crippen LogP contribution is 2.31. The summed E-state index contributed by atoms with van der Waals surface area (Å²) in [6.07, 6.45) is 2.35. The molecule has 0 unspecified atom stereocenters. The Morgan fingerprint density at radius 3 is 2.28 bits per heavy atom.